The highest BCUT2D eigenvalue weighted by atomic mass is 16.5. The number of ether oxygens (including phenoxy) is 1. The Labute approximate surface area is 145 Å². The van der Waals surface area contributed by atoms with Crippen molar-refractivity contribution < 1.29 is 4.74 Å². The highest BCUT2D eigenvalue weighted by Gasteiger charge is 2.24. The van der Waals surface area contributed by atoms with Crippen LogP contribution in [0.1, 0.15) is 37.6 Å². The van der Waals surface area contributed by atoms with Crippen LogP contribution in [0.15, 0.2) is 40.1 Å². The zero-order valence-electron chi connectivity index (χ0n) is 14.2. The van der Waals surface area contributed by atoms with Gasteiger partial charge in [-0.3, -0.25) is 9.36 Å². The Kier molecular flexibility index (Phi) is 3.95. The zero-order chi connectivity index (χ0) is 17.4. The summed E-state index contributed by atoms with van der Waals surface area (Å²) >= 11 is 0. The van der Waals surface area contributed by atoms with Gasteiger partial charge < -0.3 is 9.72 Å². The number of fused-ring (bicyclic) bond motifs is 3. The van der Waals surface area contributed by atoms with Crippen LogP contribution in [0.4, 0.5) is 0 Å². The molecule has 0 spiro atoms. The summed E-state index contributed by atoms with van der Waals surface area (Å²) in [7, 11) is 0. The molecule has 0 aromatic heterocycles. The van der Waals surface area contributed by atoms with E-state index in [9.17, 15) is 9.59 Å². The van der Waals surface area contributed by atoms with E-state index >= 15 is 0 Å². The Morgan fingerprint density at radius 3 is 2.60 bits per heavy atom. The van der Waals surface area contributed by atoms with Crippen molar-refractivity contribution >= 4 is 0 Å². The van der Waals surface area contributed by atoms with Crippen molar-refractivity contribution in [3.63, 3.8) is 0 Å². The number of H-pyrrole nitrogens is 1. The topological polar surface area (TPSA) is 69.0 Å². The van der Waals surface area contributed by atoms with E-state index < -0.39 is 0 Å². The predicted octanol–water partition coefficient (Wildman–Crippen LogP) is 2.42. The van der Waals surface area contributed by atoms with Gasteiger partial charge >= 0.3 is 5.69 Å². The lowest BCUT2D eigenvalue weighted by Gasteiger charge is -2.18. The first-order valence-corrected chi connectivity index (χ1v) is 8.81. The van der Waals surface area contributed by atoms with Crippen LogP contribution in [0, 0.1) is 0 Å². The van der Waals surface area contributed by atoms with Crippen molar-refractivity contribution in [2.45, 2.75) is 39.0 Å². The van der Waals surface area contributed by atoms with Crippen LogP contribution < -0.4 is 16.0 Å². The largest absolute Gasteiger partial charge is 0.494 e. The van der Waals surface area contributed by atoms with E-state index in [1.807, 2.05) is 6.92 Å². The van der Waals surface area contributed by atoms with Crippen LogP contribution in [-0.2, 0) is 12.8 Å². The maximum absolute atomic E-state index is 13.0. The number of benzene rings is 1. The van der Waals surface area contributed by atoms with E-state index in [1.54, 1.807) is 35.0 Å². The van der Waals surface area contributed by atoms with E-state index in [-0.39, 0.29) is 11.2 Å². The lowest BCUT2D eigenvalue weighted by molar-refractivity contribution is 0.317. The number of rotatable bonds is 4. The molecule has 0 fully saturated rings. The van der Waals surface area contributed by atoms with Crippen molar-refractivity contribution in [3.05, 3.63) is 62.7 Å². The molecule has 0 atom stereocenters. The first kappa shape index (κ1) is 15.7. The van der Waals surface area contributed by atoms with E-state index in [0.29, 0.717) is 18.0 Å². The zero-order valence-corrected chi connectivity index (χ0v) is 14.2. The van der Waals surface area contributed by atoms with Crippen LogP contribution >= 0.6 is 0 Å². The second-order valence-corrected chi connectivity index (χ2v) is 6.41. The standard InChI is InChI=1S/C19H21N3O3/c1-2-11-25-14-9-7-13(8-10-14)21-18(23)17-12-20-15-5-3-4-6-16(15)22(17)19(21)24/h7-10,12,20H,2-6,11H2,1H3. The molecule has 0 saturated carbocycles. The molecule has 6 nitrogen and oxygen atoms in total. The average Bonchev–Trinajstić information content (AvgIpc) is 2.91. The Morgan fingerprint density at radius 2 is 1.84 bits per heavy atom. The molecule has 2 aliphatic heterocycles. The van der Waals surface area contributed by atoms with Crippen LogP contribution in [-0.4, -0.2) is 20.7 Å². The monoisotopic (exact) mass is 339 g/mol. The van der Waals surface area contributed by atoms with E-state index in [4.69, 9.17) is 4.74 Å². The van der Waals surface area contributed by atoms with Gasteiger partial charge in [-0.15, -0.1) is 0 Å². The minimum absolute atomic E-state index is 0.295. The summed E-state index contributed by atoms with van der Waals surface area (Å²) in [6, 6.07) is 7.09. The van der Waals surface area contributed by atoms with E-state index in [0.717, 1.165) is 49.2 Å². The van der Waals surface area contributed by atoms with Gasteiger partial charge in [-0.2, -0.15) is 0 Å². The minimum atomic E-state index is -0.297. The molecule has 3 aliphatic rings. The number of hydrogen-bond acceptors (Lipinski definition) is 3. The maximum Gasteiger partial charge on any atom is 0.340 e. The van der Waals surface area contributed by atoms with Crippen molar-refractivity contribution in [1.82, 2.24) is 14.1 Å². The van der Waals surface area contributed by atoms with Gasteiger partial charge in [0.1, 0.15) is 11.4 Å². The van der Waals surface area contributed by atoms with Crippen molar-refractivity contribution in [2.75, 3.05) is 6.61 Å². The molecular formula is C19H21N3O3. The molecule has 0 bridgehead atoms. The van der Waals surface area contributed by atoms with Gasteiger partial charge in [0.2, 0.25) is 0 Å². The maximum atomic E-state index is 13.0. The van der Waals surface area contributed by atoms with E-state index in [2.05, 4.69) is 4.98 Å². The molecule has 4 rings (SSSR count). The van der Waals surface area contributed by atoms with Gasteiger partial charge in [0.05, 0.1) is 12.3 Å². The fraction of sp³-hybridized carbons (Fsp3) is 0.368. The molecule has 130 valence electrons. The first-order chi connectivity index (χ1) is 12.2. The third-order valence-corrected chi connectivity index (χ3v) is 4.71. The summed E-state index contributed by atoms with van der Waals surface area (Å²) in [5.41, 5.74) is 2.36. The van der Waals surface area contributed by atoms with Gasteiger partial charge in [0, 0.05) is 17.6 Å². The predicted molar refractivity (Wildman–Crippen MR) is 95.6 cm³/mol. The third-order valence-electron chi connectivity index (χ3n) is 4.71. The summed E-state index contributed by atoms with van der Waals surface area (Å²) in [5, 5.41) is 0. The Bertz CT molecular complexity index is 979. The molecule has 0 saturated heterocycles. The number of nitrogens with zero attached hydrogens (tertiary/aromatic N) is 2. The quantitative estimate of drug-likeness (QED) is 0.794. The van der Waals surface area contributed by atoms with Gasteiger partial charge in [-0.1, -0.05) is 6.92 Å². The fourth-order valence-corrected chi connectivity index (χ4v) is 3.47. The summed E-state index contributed by atoms with van der Waals surface area (Å²) in [4.78, 5) is 28.9. The first-order valence-electron chi connectivity index (χ1n) is 8.81. The van der Waals surface area contributed by atoms with Crippen LogP contribution in [0.25, 0.3) is 11.4 Å². The molecule has 1 N–H and O–H groups in total. The number of hydrogen-bond donors (Lipinski definition) is 1. The summed E-state index contributed by atoms with van der Waals surface area (Å²) in [6.07, 6.45) is 6.46. The number of aromatic amines is 1. The minimum Gasteiger partial charge on any atom is -0.494 e. The molecular weight excluding hydrogens is 318 g/mol. The molecule has 0 amide bonds. The summed E-state index contributed by atoms with van der Waals surface area (Å²) in [6.45, 7) is 2.69. The Balaban J connectivity index is 1.84. The van der Waals surface area contributed by atoms with Gasteiger partial charge in [-0.25, -0.2) is 9.36 Å². The molecule has 0 radical (unpaired) electrons. The average molecular weight is 339 g/mol. The van der Waals surface area contributed by atoms with Gasteiger partial charge in [0.25, 0.3) is 5.56 Å². The molecule has 1 aromatic carbocycles. The van der Waals surface area contributed by atoms with Crippen molar-refractivity contribution in [3.8, 4) is 17.1 Å². The second-order valence-electron chi connectivity index (χ2n) is 6.41. The molecule has 1 aromatic rings. The molecule has 0 unspecified atom stereocenters. The molecule has 2 heterocycles. The SMILES string of the molecule is CCCOc1ccc(-n2c(=O)c3c[nH]c4c(n-3c2=O)CCCC4)cc1. The Morgan fingerprint density at radius 1 is 1.08 bits per heavy atom. The van der Waals surface area contributed by atoms with Gasteiger partial charge in [-0.05, 0) is 56.4 Å². The summed E-state index contributed by atoms with van der Waals surface area (Å²) in [5.74, 6) is 0.737. The van der Waals surface area contributed by atoms with E-state index in [1.165, 1.54) is 4.57 Å². The fourth-order valence-electron chi connectivity index (χ4n) is 3.47. The summed E-state index contributed by atoms with van der Waals surface area (Å²) < 4.78 is 8.38. The van der Waals surface area contributed by atoms with Crippen LogP contribution in [0.2, 0.25) is 0 Å². The normalized spacial score (nSPS) is 13.8. The van der Waals surface area contributed by atoms with Crippen LogP contribution in [0.3, 0.4) is 0 Å². The third kappa shape index (κ3) is 2.58. The highest BCUT2D eigenvalue weighted by molar-refractivity contribution is 5.43. The number of aromatic nitrogens is 3. The lowest BCUT2D eigenvalue weighted by Crippen LogP contribution is -2.27. The second kappa shape index (κ2) is 6.27. The molecule has 1 aliphatic carbocycles. The number of imidazole rings is 1. The lowest BCUT2D eigenvalue weighted by atomic mass is 10.00. The van der Waals surface area contributed by atoms with Crippen molar-refractivity contribution in [2.24, 2.45) is 0 Å². The number of aryl methyl sites for hydroxylation is 1. The van der Waals surface area contributed by atoms with Gasteiger partial charge in [0.15, 0.2) is 0 Å². The smallest absolute Gasteiger partial charge is 0.340 e. The highest BCUT2D eigenvalue weighted by Crippen LogP contribution is 2.21. The van der Waals surface area contributed by atoms with Crippen LogP contribution in [0.5, 0.6) is 5.75 Å². The number of nitrogens with one attached hydrogen (secondary N) is 1. The van der Waals surface area contributed by atoms with Crippen molar-refractivity contribution in [1.29, 1.82) is 0 Å². The Hall–Kier alpha value is -2.76. The molecule has 25 heavy (non-hydrogen) atoms. The molecule has 6 heteroatoms.